The van der Waals surface area contributed by atoms with E-state index in [4.69, 9.17) is 0 Å². The fourth-order valence-corrected chi connectivity index (χ4v) is 3.43. The monoisotopic (exact) mass is 408 g/mol. The van der Waals surface area contributed by atoms with Gasteiger partial charge < -0.3 is 15.2 Å². The number of hydrogen-bond donors (Lipinski definition) is 2. The van der Waals surface area contributed by atoms with Crippen molar-refractivity contribution in [2.24, 2.45) is 5.92 Å². The van der Waals surface area contributed by atoms with Crippen molar-refractivity contribution in [2.75, 3.05) is 5.32 Å². The first kappa shape index (κ1) is 20.9. The molecule has 9 heteroatoms. The lowest BCUT2D eigenvalue weighted by atomic mass is 9.92. The molecular formula is C20H23F3N4O2. The number of rotatable bonds is 5. The second-order valence-electron chi connectivity index (χ2n) is 7.49. The standard InChI is InChI=1S/C20H23F3N4O2/c1-12(2)17-24-8-9-27(17)11-13-4-3-5-14(10-13)25-18(28)15-6-7-16(20(21,22)23)26-19(15)29/h3-5,8-10,12,15-16H,6-7,11H2,1-2H3,(H,25,28)(H,26,29). The molecule has 1 fully saturated rings. The number of benzene rings is 1. The van der Waals surface area contributed by atoms with Gasteiger partial charge in [-0.15, -0.1) is 0 Å². The Morgan fingerprint density at radius 2 is 2.10 bits per heavy atom. The maximum atomic E-state index is 12.7. The zero-order chi connectivity index (χ0) is 21.2. The predicted molar refractivity (Wildman–Crippen MR) is 101 cm³/mol. The van der Waals surface area contributed by atoms with Crippen LogP contribution in [0.3, 0.4) is 0 Å². The summed E-state index contributed by atoms with van der Waals surface area (Å²) in [5, 5.41) is 4.54. The molecule has 2 atom stereocenters. The number of imidazole rings is 1. The second kappa shape index (κ2) is 8.26. The van der Waals surface area contributed by atoms with Gasteiger partial charge in [0.05, 0.1) is 0 Å². The summed E-state index contributed by atoms with van der Waals surface area (Å²) in [6.45, 7) is 4.66. The third-order valence-corrected chi connectivity index (χ3v) is 4.90. The van der Waals surface area contributed by atoms with Gasteiger partial charge in [0.15, 0.2) is 0 Å². The van der Waals surface area contributed by atoms with Crippen LogP contribution >= 0.6 is 0 Å². The van der Waals surface area contributed by atoms with Crippen LogP contribution < -0.4 is 10.6 Å². The van der Waals surface area contributed by atoms with E-state index < -0.39 is 30.0 Å². The van der Waals surface area contributed by atoms with Crippen LogP contribution in [0.15, 0.2) is 36.7 Å². The summed E-state index contributed by atoms with van der Waals surface area (Å²) in [7, 11) is 0. The highest BCUT2D eigenvalue weighted by molar-refractivity contribution is 6.06. The van der Waals surface area contributed by atoms with Crippen molar-refractivity contribution in [1.29, 1.82) is 0 Å². The molecule has 2 N–H and O–H groups in total. The van der Waals surface area contributed by atoms with Gasteiger partial charge >= 0.3 is 6.18 Å². The van der Waals surface area contributed by atoms with Gasteiger partial charge in [0.25, 0.3) is 0 Å². The van der Waals surface area contributed by atoms with E-state index in [2.05, 4.69) is 10.3 Å². The van der Waals surface area contributed by atoms with Crippen molar-refractivity contribution in [3.8, 4) is 0 Å². The van der Waals surface area contributed by atoms with Gasteiger partial charge in [-0.25, -0.2) is 4.98 Å². The number of amides is 2. The van der Waals surface area contributed by atoms with Crippen LogP contribution in [-0.2, 0) is 16.1 Å². The molecule has 2 aromatic rings. The largest absolute Gasteiger partial charge is 0.408 e. The van der Waals surface area contributed by atoms with E-state index in [-0.39, 0.29) is 18.8 Å². The molecule has 1 saturated heterocycles. The normalized spacial score (nSPS) is 19.9. The van der Waals surface area contributed by atoms with Crippen LogP contribution in [0.5, 0.6) is 0 Å². The first-order valence-electron chi connectivity index (χ1n) is 9.43. The molecule has 2 amide bonds. The number of hydrogen-bond acceptors (Lipinski definition) is 3. The van der Waals surface area contributed by atoms with E-state index in [9.17, 15) is 22.8 Å². The topological polar surface area (TPSA) is 76.0 Å². The Kier molecular flexibility index (Phi) is 5.95. The summed E-state index contributed by atoms with van der Waals surface area (Å²) in [6.07, 6.45) is -1.35. The molecule has 0 radical (unpaired) electrons. The molecule has 1 aliphatic heterocycles. The lowest BCUT2D eigenvalue weighted by molar-refractivity contribution is -0.170. The number of carbonyl (C=O) groups excluding carboxylic acids is 2. The van der Waals surface area contributed by atoms with Crippen LogP contribution in [-0.4, -0.2) is 33.6 Å². The molecule has 0 spiro atoms. The van der Waals surface area contributed by atoms with Crippen LogP contribution in [0.25, 0.3) is 0 Å². The highest BCUT2D eigenvalue weighted by atomic mass is 19.4. The molecule has 1 aromatic heterocycles. The Bertz CT molecular complexity index is 892. The first-order valence-corrected chi connectivity index (χ1v) is 9.43. The van der Waals surface area contributed by atoms with E-state index >= 15 is 0 Å². The maximum absolute atomic E-state index is 12.7. The second-order valence-corrected chi connectivity index (χ2v) is 7.49. The van der Waals surface area contributed by atoms with Crippen molar-refractivity contribution >= 4 is 17.5 Å². The summed E-state index contributed by atoms with van der Waals surface area (Å²) >= 11 is 0. The number of piperidine rings is 1. The van der Waals surface area contributed by atoms with Gasteiger partial charge in [0.1, 0.15) is 17.8 Å². The molecule has 29 heavy (non-hydrogen) atoms. The summed E-state index contributed by atoms with van der Waals surface area (Å²) < 4.78 is 40.2. The molecule has 0 bridgehead atoms. The van der Waals surface area contributed by atoms with Crippen LogP contribution in [0.4, 0.5) is 18.9 Å². The molecule has 156 valence electrons. The summed E-state index contributed by atoms with van der Waals surface area (Å²) in [6, 6.07) is 5.24. The quantitative estimate of drug-likeness (QED) is 0.744. The number of halogens is 3. The van der Waals surface area contributed by atoms with Gasteiger partial charge in [-0.1, -0.05) is 26.0 Å². The minimum absolute atomic E-state index is 0.145. The Morgan fingerprint density at radius 3 is 2.76 bits per heavy atom. The number of anilines is 1. The summed E-state index contributed by atoms with van der Waals surface area (Å²) in [4.78, 5) is 28.8. The fourth-order valence-electron chi connectivity index (χ4n) is 3.43. The van der Waals surface area contributed by atoms with Gasteiger partial charge in [-0.3, -0.25) is 9.59 Å². The molecule has 1 aromatic carbocycles. The number of carbonyl (C=O) groups is 2. The van der Waals surface area contributed by atoms with Gasteiger partial charge in [-0.2, -0.15) is 13.2 Å². The highest BCUT2D eigenvalue weighted by Gasteiger charge is 2.45. The van der Waals surface area contributed by atoms with E-state index in [1.807, 2.05) is 36.0 Å². The minimum atomic E-state index is -4.51. The number of nitrogens with one attached hydrogen (secondary N) is 2. The zero-order valence-electron chi connectivity index (χ0n) is 16.2. The van der Waals surface area contributed by atoms with Crippen LogP contribution in [0, 0.1) is 5.92 Å². The maximum Gasteiger partial charge on any atom is 0.408 e. The average Bonchev–Trinajstić information content (AvgIpc) is 3.09. The van der Waals surface area contributed by atoms with E-state index in [0.717, 1.165) is 11.4 Å². The summed E-state index contributed by atoms with van der Waals surface area (Å²) in [5.74, 6) is -1.44. The van der Waals surface area contributed by atoms with Gasteiger partial charge in [0.2, 0.25) is 11.8 Å². The molecule has 3 rings (SSSR count). The van der Waals surface area contributed by atoms with Crippen molar-refractivity contribution in [1.82, 2.24) is 14.9 Å². The number of aromatic nitrogens is 2. The SMILES string of the molecule is CC(C)c1nccn1Cc1cccc(NC(=O)C2CCC(C(F)(F)F)NC2=O)c1. The molecule has 2 unspecified atom stereocenters. The van der Waals surface area contributed by atoms with E-state index in [1.165, 1.54) is 0 Å². The molecular weight excluding hydrogens is 385 g/mol. The Morgan fingerprint density at radius 1 is 1.34 bits per heavy atom. The molecule has 2 heterocycles. The molecule has 0 saturated carbocycles. The summed E-state index contributed by atoms with van der Waals surface area (Å²) in [5.41, 5.74) is 1.41. The Hall–Kier alpha value is -2.84. The number of nitrogens with zero attached hydrogens (tertiary/aromatic N) is 2. The van der Waals surface area contributed by atoms with Crippen molar-refractivity contribution < 1.29 is 22.8 Å². The van der Waals surface area contributed by atoms with Crippen LogP contribution in [0.2, 0.25) is 0 Å². The molecule has 1 aliphatic rings. The minimum Gasteiger partial charge on any atom is -0.344 e. The first-order chi connectivity index (χ1) is 13.6. The van der Waals surface area contributed by atoms with Crippen LogP contribution in [0.1, 0.15) is 44.0 Å². The zero-order valence-corrected chi connectivity index (χ0v) is 16.2. The van der Waals surface area contributed by atoms with Crippen molar-refractivity contribution in [3.05, 3.63) is 48.0 Å². The third-order valence-electron chi connectivity index (χ3n) is 4.90. The van der Waals surface area contributed by atoms with E-state index in [1.54, 1.807) is 24.4 Å². The van der Waals surface area contributed by atoms with Crippen molar-refractivity contribution in [2.45, 2.75) is 51.4 Å². The Balaban J connectivity index is 1.65. The molecule has 6 nitrogen and oxygen atoms in total. The fraction of sp³-hybridized carbons (Fsp3) is 0.450. The lowest BCUT2D eigenvalue weighted by Gasteiger charge is -2.29. The lowest BCUT2D eigenvalue weighted by Crippen LogP contribution is -2.53. The van der Waals surface area contributed by atoms with Crippen molar-refractivity contribution in [3.63, 3.8) is 0 Å². The molecule has 0 aliphatic carbocycles. The Labute approximate surface area is 166 Å². The smallest absolute Gasteiger partial charge is 0.344 e. The van der Waals surface area contributed by atoms with E-state index in [0.29, 0.717) is 12.2 Å². The highest BCUT2D eigenvalue weighted by Crippen LogP contribution is 2.29. The van der Waals surface area contributed by atoms with Gasteiger partial charge in [-0.05, 0) is 30.5 Å². The average molecular weight is 408 g/mol. The van der Waals surface area contributed by atoms with Gasteiger partial charge in [0, 0.05) is 30.5 Å². The predicted octanol–water partition coefficient (Wildman–Crippen LogP) is 3.45. The number of alkyl halides is 3. The third kappa shape index (κ3) is 4.96.